The van der Waals surface area contributed by atoms with Gasteiger partial charge in [-0.2, -0.15) is 0 Å². The number of nitrogen functional groups attached to an aromatic ring is 1. The van der Waals surface area contributed by atoms with E-state index in [2.05, 4.69) is 17.9 Å². The van der Waals surface area contributed by atoms with Crippen molar-refractivity contribution in [3.05, 3.63) is 24.3 Å². The number of anilines is 2. The van der Waals surface area contributed by atoms with Gasteiger partial charge in [-0.05, 0) is 25.0 Å². The molecule has 3 N–H and O–H groups in total. The summed E-state index contributed by atoms with van der Waals surface area (Å²) < 4.78 is 0. The third-order valence-electron chi connectivity index (χ3n) is 3.63. The van der Waals surface area contributed by atoms with Crippen LogP contribution < -0.4 is 10.6 Å². The summed E-state index contributed by atoms with van der Waals surface area (Å²) in [6.45, 7) is 3.99. The molecule has 0 spiro atoms. The number of benzene rings is 1. The minimum Gasteiger partial charge on any atom is -0.397 e. The molecular weight excluding hydrogens is 212 g/mol. The second kappa shape index (κ2) is 5.41. The zero-order valence-corrected chi connectivity index (χ0v) is 10.5. The van der Waals surface area contributed by atoms with Crippen LogP contribution in [-0.2, 0) is 0 Å². The molecule has 1 fully saturated rings. The average Bonchev–Trinajstić information content (AvgIpc) is 2.33. The fourth-order valence-electron chi connectivity index (χ4n) is 2.67. The Bertz CT molecular complexity index is 367. The first-order chi connectivity index (χ1) is 8.22. The maximum absolute atomic E-state index is 9.98. The van der Waals surface area contributed by atoms with Gasteiger partial charge in [0.2, 0.25) is 0 Å². The monoisotopic (exact) mass is 234 g/mol. The molecule has 1 saturated heterocycles. The molecule has 2 atom stereocenters. The molecule has 1 aromatic carbocycles. The van der Waals surface area contributed by atoms with Gasteiger partial charge < -0.3 is 15.7 Å². The van der Waals surface area contributed by atoms with E-state index in [1.165, 1.54) is 0 Å². The molecule has 1 aliphatic heterocycles. The van der Waals surface area contributed by atoms with E-state index in [0.29, 0.717) is 5.92 Å². The first-order valence-corrected chi connectivity index (χ1v) is 6.50. The average molecular weight is 234 g/mol. The zero-order chi connectivity index (χ0) is 12.3. The maximum Gasteiger partial charge on any atom is 0.0602 e. The number of aliphatic hydroxyl groups is 1. The summed E-state index contributed by atoms with van der Waals surface area (Å²) in [7, 11) is 0. The van der Waals surface area contributed by atoms with Gasteiger partial charge in [-0.15, -0.1) is 0 Å². The highest BCUT2D eigenvalue weighted by atomic mass is 16.3. The number of rotatable bonds is 3. The molecule has 3 heteroatoms. The van der Waals surface area contributed by atoms with Crippen molar-refractivity contribution < 1.29 is 5.11 Å². The second-order valence-electron chi connectivity index (χ2n) is 4.91. The Morgan fingerprint density at radius 3 is 2.88 bits per heavy atom. The van der Waals surface area contributed by atoms with E-state index in [9.17, 15) is 5.11 Å². The van der Waals surface area contributed by atoms with Gasteiger partial charge in [-0.3, -0.25) is 0 Å². The van der Waals surface area contributed by atoms with Crippen molar-refractivity contribution in [3.8, 4) is 0 Å². The molecule has 0 aliphatic carbocycles. The Morgan fingerprint density at radius 1 is 1.41 bits per heavy atom. The van der Waals surface area contributed by atoms with E-state index in [4.69, 9.17) is 5.73 Å². The molecule has 1 aromatic rings. The first-order valence-electron chi connectivity index (χ1n) is 6.50. The van der Waals surface area contributed by atoms with Gasteiger partial charge in [0.15, 0.2) is 0 Å². The van der Waals surface area contributed by atoms with Gasteiger partial charge in [0.05, 0.1) is 17.5 Å². The van der Waals surface area contributed by atoms with E-state index in [0.717, 1.165) is 43.7 Å². The van der Waals surface area contributed by atoms with Crippen LogP contribution in [0.1, 0.15) is 26.2 Å². The SMILES string of the molecule is CCC[C@@H]1CN(c2ccccc2N)CC[C@@H]1O. The van der Waals surface area contributed by atoms with Gasteiger partial charge >= 0.3 is 0 Å². The molecule has 2 rings (SSSR count). The van der Waals surface area contributed by atoms with E-state index in [-0.39, 0.29) is 6.10 Å². The minimum atomic E-state index is -0.142. The smallest absolute Gasteiger partial charge is 0.0602 e. The lowest BCUT2D eigenvalue weighted by Crippen LogP contribution is -2.43. The number of para-hydroxylation sites is 2. The fourth-order valence-corrected chi connectivity index (χ4v) is 2.67. The predicted molar refractivity (Wildman–Crippen MR) is 72.1 cm³/mol. The number of hydrogen-bond donors (Lipinski definition) is 2. The van der Waals surface area contributed by atoms with Crippen LogP contribution in [0.4, 0.5) is 11.4 Å². The minimum absolute atomic E-state index is 0.142. The summed E-state index contributed by atoms with van der Waals surface area (Å²) in [5, 5.41) is 9.98. The fraction of sp³-hybridized carbons (Fsp3) is 0.571. The molecule has 0 bridgehead atoms. The standard InChI is InChI=1S/C14H22N2O/c1-2-5-11-10-16(9-8-14(11)17)13-7-4-3-6-12(13)15/h3-4,6-7,11,14,17H,2,5,8-10,15H2,1H3/t11-,14+/m1/s1. The number of hydrogen-bond acceptors (Lipinski definition) is 3. The molecule has 0 unspecified atom stereocenters. The van der Waals surface area contributed by atoms with Crippen molar-refractivity contribution in [2.24, 2.45) is 5.92 Å². The van der Waals surface area contributed by atoms with E-state index in [1.54, 1.807) is 0 Å². The van der Waals surface area contributed by atoms with Crippen LogP contribution in [0.3, 0.4) is 0 Å². The van der Waals surface area contributed by atoms with Crippen LogP contribution in [0, 0.1) is 5.92 Å². The summed E-state index contributed by atoms with van der Waals surface area (Å²) in [4.78, 5) is 2.31. The lowest BCUT2D eigenvalue weighted by atomic mass is 9.90. The van der Waals surface area contributed by atoms with Crippen LogP contribution in [0.25, 0.3) is 0 Å². The zero-order valence-electron chi connectivity index (χ0n) is 10.5. The third-order valence-corrected chi connectivity index (χ3v) is 3.63. The summed E-state index contributed by atoms with van der Waals surface area (Å²) >= 11 is 0. The summed E-state index contributed by atoms with van der Waals surface area (Å²) in [5.41, 5.74) is 7.95. The third kappa shape index (κ3) is 2.72. The molecule has 1 heterocycles. The highest BCUT2D eigenvalue weighted by molar-refractivity contribution is 5.67. The lowest BCUT2D eigenvalue weighted by molar-refractivity contribution is 0.0830. The van der Waals surface area contributed by atoms with Crippen LogP contribution in [0.2, 0.25) is 0 Å². The van der Waals surface area contributed by atoms with E-state index < -0.39 is 0 Å². The number of nitrogens with zero attached hydrogens (tertiary/aromatic N) is 1. The van der Waals surface area contributed by atoms with Gasteiger partial charge in [0, 0.05) is 19.0 Å². The van der Waals surface area contributed by atoms with Crippen molar-refractivity contribution in [1.29, 1.82) is 0 Å². The highest BCUT2D eigenvalue weighted by Crippen LogP contribution is 2.29. The highest BCUT2D eigenvalue weighted by Gasteiger charge is 2.27. The van der Waals surface area contributed by atoms with Crippen molar-refractivity contribution in [2.45, 2.75) is 32.3 Å². The number of piperidine rings is 1. The molecule has 0 amide bonds. The molecular formula is C14H22N2O. The van der Waals surface area contributed by atoms with Crippen molar-refractivity contribution in [2.75, 3.05) is 23.7 Å². The Morgan fingerprint density at radius 2 is 2.18 bits per heavy atom. The van der Waals surface area contributed by atoms with E-state index in [1.807, 2.05) is 18.2 Å². The van der Waals surface area contributed by atoms with Crippen molar-refractivity contribution >= 4 is 11.4 Å². The van der Waals surface area contributed by atoms with Crippen LogP contribution in [-0.4, -0.2) is 24.3 Å². The summed E-state index contributed by atoms with van der Waals surface area (Å²) in [6, 6.07) is 7.98. The molecule has 0 aromatic heterocycles. The molecule has 94 valence electrons. The van der Waals surface area contributed by atoms with Gasteiger partial charge in [0.1, 0.15) is 0 Å². The Labute approximate surface area is 103 Å². The Balaban J connectivity index is 2.10. The quantitative estimate of drug-likeness (QED) is 0.789. The largest absolute Gasteiger partial charge is 0.397 e. The second-order valence-corrected chi connectivity index (χ2v) is 4.91. The molecule has 1 aliphatic rings. The molecule has 17 heavy (non-hydrogen) atoms. The van der Waals surface area contributed by atoms with Crippen LogP contribution in [0.5, 0.6) is 0 Å². The Kier molecular flexibility index (Phi) is 3.89. The number of nitrogens with two attached hydrogens (primary N) is 1. The molecule has 0 radical (unpaired) electrons. The van der Waals surface area contributed by atoms with Gasteiger partial charge in [-0.25, -0.2) is 0 Å². The van der Waals surface area contributed by atoms with Gasteiger partial charge in [-0.1, -0.05) is 25.5 Å². The maximum atomic E-state index is 9.98. The normalized spacial score (nSPS) is 24.9. The van der Waals surface area contributed by atoms with Crippen molar-refractivity contribution in [1.82, 2.24) is 0 Å². The predicted octanol–water partition coefficient (Wildman–Crippen LogP) is 2.26. The van der Waals surface area contributed by atoms with Crippen LogP contribution >= 0.6 is 0 Å². The molecule has 3 nitrogen and oxygen atoms in total. The number of aliphatic hydroxyl groups excluding tert-OH is 1. The summed E-state index contributed by atoms with van der Waals surface area (Å²) in [5.74, 6) is 0.383. The topological polar surface area (TPSA) is 49.5 Å². The summed E-state index contributed by atoms with van der Waals surface area (Å²) in [6.07, 6.45) is 2.92. The molecule has 0 saturated carbocycles. The van der Waals surface area contributed by atoms with Crippen molar-refractivity contribution in [3.63, 3.8) is 0 Å². The lowest BCUT2D eigenvalue weighted by Gasteiger charge is -2.38. The first kappa shape index (κ1) is 12.2. The van der Waals surface area contributed by atoms with Crippen LogP contribution in [0.15, 0.2) is 24.3 Å². The van der Waals surface area contributed by atoms with Gasteiger partial charge in [0.25, 0.3) is 0 Å². The Hall–Kier alpha value is -1.22. The van der Waals surface area contributed by atoms with E-state index >= 15 is 0 Å².